The van der Waals surface area contributed by atoms with Crippen LogP contribution in [0.2, 0.25) is 0 Å². The van der Waals surface area contributed by atoms with Gasteiger partial charge in [0, 0.05) is 23.9 Å². The highest BCUT2D eigenvalue weighted by Crippen LogP contribution is 2.27. The monoisotopic (exact) mass is 312 g/mol. The van der Waals surface area contributed by atoms with E-state index in [-0.39, 0.29) is 18.5 Å². The Labute approximate surface area is 134 Å². The molecule has 5 heteroatoms. The van der Waals surface area contributed by atoms with Gasteiger partial charge in [-0.2, -0.15) is 0 Å². The van der Waals surface area contributed by atoms with Gasteiger partial charge in [-0.25, -0.2) is 0 Å². The molecule has 2 N–H and O–H groups in total. The lowest BCUT2D eigenvalue weighted by Crippen LogP contribution is -2.37. The second-order valence-corrected chi connectivity index (χ2v) is 5.91. The van der Waals surface area contributed by atoms with Gasteiger partial charge in [-0.1, -0.05) is 30.3 Å². The molecule has 1 fully saturated rings. The summed E-state index contributed by atoms with van der Waals surface area (Å²) >= 11 is 0. The zero-order valence-electron chi connectivity index (χ0n) is 12.9. The summed E-state index contributed by atoms with van der Waals surface area (Å²) in [4.78, 5) is 28.0. The summed E-state index contributed by atoms with van der Waals surface area (Å²) in [5.41, 5.74) is 3.12. The first kappa shape index (κ1) is 15.3. The molecule has 0 radical (unpaired) electrons. The Morgan fingerprint density at radius 2 is 1.87 bits per heavy atom. The van der Waals surface area contributed by atoms with Crippen molar-refractivity contribution >= 4 is 11.9 Å². The van der Waals surface area contributed by atoms with Crippen LogP contribution in [0.1, 0.15) is 25.0 Å². The van der Waals surface area contributed by atoms with Crippen LogP contribution in [-0.2, 0) is 16.0 Å². The van der Waals surface area contributed by atoms with Gasteiger partial charge in [0.15, 0.2) is 0 Å². The molecule has 0 unspecified atom stereocenters. The van der Waals surface area contributed by atoms with Gasteiger partial charge in [0.2, 0.25) is 5.91 Å². The number of carboxylic acids is 1. The summed E-state index contributed by atoms with van der Waals surface area (Å²) in [5.74, 6) is -1.03. The molecule has 1 heterocycles. The minimum Gasteiger partial charge on any atom is -0.480 e. The Morgan fingerprint density at radius 3 is 2.52 bits per heavy atom. The fourth-order valence-electron chi connectivity index (χ4n) is 2.71. The highest BCUT2D eigenvalue weighted by molar-refractivity contribution is 5.82. The topological polar surface area (TPSA) is 73.4 Å². The summed E-state index contributed by atoms with van der Waals surface area (Å²) in [6.07, 6.45) is 2.76. The molecule has 0 aliphatic heterocycles. The maximum atomic E-state index is 12.3. The summed E-state index contributed by atoms with van der Waals surface area (Å²) in [7, 11) is 0. The van der Waals surface area contributed by atoms with Crippen LogP contribution in [0.15, 0.2) is 42.5 Å². The minimum absolute atomic E-state index is 0.0780. The van der Waals surface area contributed by atoms with E-state index >= 15 is 0 Å². The van der Waals surface area contributed by atoms with Gasteiger partial charge in [-0.15, -0.1) is 0 Å². The lowest BCUT2D eigenvalue weighted by Gasteiger charge is -2.19. The molecule has 0 saturated heterocycles. The zero-order valence-corrected chi connectivity index (χ0v) is 12.9. The molecule has 1 aliphatic rings. The number of benzene rings is 1. The van der Waals surface area contributed by atoms with Crippen molar-refractivity contribution < 1.29 is 14.7 Å². The van der Waals surface area contributed by atoms with Crippen LogP contribution in [0.4, 0.5) is 0 Å². The maximum Gasteiger partial charge on any atom is 0.323 e. The number of carboxylic acid groups (broad SMARTS) is 1. The lowest BCUT2D eigenvalue weighted by molar-refractivity contribution is -0.144. The fourth-order valence-corrected chi connectivity index (χ4v) is 2.71. The number of aromatic amines is 1. The number of amides is 1. The third-order valence-corrected chi connectivity index (χ3v) is 4.05. The van der Waals surface area contributed by atoms with Gasteiger partial charge in [0.1, 0.15) is 6.54 Å². The van der Waals surface area contributed by atoms with Gasteiger partial charge < -0.3 is 15.0 Å². The Balaban J connectivity index is 1.58. The second kappa shape index (κ2) is 6.69. The predicted octanol–water partition coefficient (Wildman–Crippen LogP) is 2.69. The van der Waals surface area contributed by atoms with Crippen molar-refractivity contribution in [3.8, 4) is 11.3 Å². The van der Waals surface area contributed by atoms with E-state index in [1.165, 1.54) is 4.90 Å². The Hall–Kier alpha value is -2.56. The number of aromatic nitrogens is 1. The maximum absolute atomic E-state index is 12.3. The number of nitrogens with one attached hydrogen (secondary N) is 1. The lowest BCUT2D eigenvalue weighted by atomic mass is 10.2. The third-order valence-electron chi connectivity index (χ3n) is 4.05. The van der Waals surface area contributed by atoms with Gasteiger partial charge in [-0.05, 0) is 37.0 Å². The molecule has 5 nitrogen and oxygen atoms in total. The van der Waals surface area contributed by atoms with Crippen molar-refractivity contribution in [2.75, 3.05) is 6.54 Å². The minimum atomic E-state index is -0.948. The molecular weight excluding hydrogens is 292 g/mol. The molecule has 3 rings (SSSR count). The van der Waals surface area contributed by atoms with Crippen molar-refractivity contribution in [2.45, 2.75) is 31.7 Å². The summed E-state index contributed by atoms with van der Waals surface area (Å²) in [6, 6.07) is 14.1. The third kappa shape index (κ3) is 4.00. The Kier molecular flexibility index (Phi) is 4.46. The van der Waals surface area contributed by atoms with Crippen LogP contribution in [0.5, 0.6) is 0 Å². The quantitative estimate of drug-likeness (QED) is 0.825. The average Bonchev–Trinajstić information content (AvgIpc) is 3.28. The van der Waals surface area contributed by atoms with Crippen LogP contribution in [0.25, 0.3) is 11.3 Å². The van der Waals surface area contributed by atoms with E-state index < -0.39 is 5.97 Å². The first-order valence-electron chi connectivity index (χ1n) is 7.88. The van der Waals surface area contributed by atoms with E-state index in [1.807, 2.05) is 42.5 Å². The number of rotatable bonds is 7. The number of hydrogen-bond donors (Lipinski definition) is 2. The van der Waals surface area contributed by atoms with E-state index in [9.17, 15) is 9.59 Å². The molecule has 1 aliphatic carbocycles. The smallest absolute Gasteiger partial charge is 0.323 e. The van der Waals surface area contributed by atoms with Crippen molar-refractivity contribution in [1.29, 1.82) is 0 Å². The molecule has 1 saturated carbocycles. The zero-order chi connectivity index (χ0) is 16.2. The Bertz CT molecular complexity index is 689. The number of aryl methyl sites for hydroxylation is 1. The first-order chi connectivity index (χ1) is 11.1. The molecule has 0 spiro atoms. The van der Waals surface area contributed by atoms with E-state index in [0.717, 1.165) is 29.8 Å². The molecule has 0 atom stereocenters. The SMILES string of the molecule is O=C(O)CN(C(=O)CCc1ccc(-c2ccccc2)[nH]1)C1CC1. The molecule has 23 heavy (non-hydrogen) atoms. The van der Waals surface area contributed by atoms with E-state index in [0.29, 0.717) is 12.8 Å². The second-order valence-electron chi connectivity index (χ2n) is 5.91. The number of carbonyl (C=O) groups excluding carboxylic acids is 1. The van der Waals surface area contributed by atoms with Gasteiger partial charge >= 0.3 is 5.97 Å². The van der Waals surface area contributed by atoms with E-state index in [4.69, 9.17) is 5.11 Å². The van der Waals surface area contributed by atoms with Crippen molar-refractivity contribution in [3.63, 3.8) is 0 Å². The number of aliphatic carboxylic acids is 1. The summed E-state index contributed by atoms with van der Waals surface area (Å²) in [6.45, 7) is -0.191. The van der Waals surface area contributed by atoms with E-state index in [1.54, 1.807) is 0 Å². The number of hydrogen-bond acceptors (Lipinski definition) is 2. The van der Waals surface area contributed by atoms with E-state index in [2.05, 4.69) is 4.98 Å². The molecule has 1 aromatic heterocycles. The molecule has 1 aromatic carbocycles. The van der Waals surface area contributed by atoms with Crippen LogP contribution >= 0.6 is 0 Å². The van der Waals surface area contributed by atoms with Crippen LogP contribution < -0.4 is 0 Å². The highest BCUT2D eigenvalue weighted by atomic mass is 16.4. The first-order valence-corrected chi connectivity index (χ1v) is 7.88. The van der Waals surface area contributed by atoms with Crippen molar-refractivity contribution in [3.05, 3.63) is 48.2 Å². The molecule has 2 aromatic rings. The number of carbonyl (C=O) groups is 2. The molecule has 1 amide bonds. The van der Waals surface area contributed by atoms with Gasteiger partial charge in [0.25, 0.3) is 0 Å². The van der Waals surface area contributed by atoms with Crippen molar-refractivity contribution in [2.24, 2.45) is 0 Å². The van der Waals surface area contributed by atoms with Gasteiger partial charge in [-0.3, -0.25) is 9.59 Å². The standard InChI is InChI=1S/C18H20N2O3/c21-17(20(12-18(22)23)15-8-9-15)11-7-14-6-10-16(19-14)13-4-2-1-3-5-13/h1-6,10,15,19H,7-9,11-12H2,(H,22,23). The molecule has 120 valence electrons. The van der Waals surface area contributed by atoms with Crippen molar-refractivity contribution in [1.82, 2.24) is 9.88 Å². The largest absolute Gasteiger partial charge is 0.480 e. The fraction of sp³-hybridized carbons (Fsp3) is 0.333. The summed E-state index contributed by atoms with van der Waals surface area (Å²) in [5, 5.41) is 8.92. The Morgan fingerprint density at radius 1 is 1.13 bits per heavy atom. The summed E-state index contributed by atoms with van der Waals surface area (Å²) < 4.78 is 0. The predicted molar refractivity (Wildman–Crippen MR) is 86.9 cm³/mol. The molecule has 0 bridgehead atoms. The van der Waals surface area contributed by atoms with Crippen LogP contribution in [0.3, 0.4) is 0 Å². The normalized spacial score (nSPS) is 13.7. The van der Waals surface area contributed by atoms with Gasteiger partial charge in [0.05, 0.1) is 0 Å². The highest BCUT2D eigenvalue weighted by Gasteiger charge is 2.33. The number of nitrogens with zero attached hydrogens (tertiary/aromatic N) is 1. The van der Waals surface area contributed by atoms with Crippen LogP contribution in [0, 0.1) is 0 Å². The average molecular weight is 312 g/mol. The van der Waals surface area contributed by atoms with Crippen LogP contribution in [-0.4, -0.2) is 39.5 Å². The molecular formula is C18H20N2O3. The number of H-pyrrole nitrogens is 1.